The monoisotopic (exact) mass is 272 g/mol. The molecule has 0 bridgehead atoms. The Hall–Kier alpha value is -1.26. The van der Waals surface area contributed by atoms with E-state index in [1.165, 1.54) is 0 Å². The number of nitrogens with zero attached hydrogens (tertiary/aromatic N) is 1. The number of rotatable bonds is 5. The highest BCUT2D eigenvalue weighted by Gasteiger charge is 2.28. The first-order valence-corrected chi connectivity index (χ1v) is 6.72. The number of nitrogens with one attached hydrogen (secondary N) is 1. The summed E-state index contributed by atoms with van der Waals surface area (Å²) in [6.45, 7) is 12.0. The Labute approximate surface area is 116 Å². The van der Waals surface area contributed by atoms with Gasteiger partial charge in [0, 0.05) is 19.6 Å². The maximum absolute atomic E-state index is 12.0. The summed E-state index contributed by atoms with van der Waals surface area (Å²) in [5.74, 6) is -1.44. The van der Waals surface area contributed by atoms with Crippen molar-refractivity contribution in [2.45, 2.75) is 47.6 Å². The third-order valence-corrected chi connectivity index (χ3v) is 3.75. The van der Waals surface area contributed by atoms with Crippen LogP contribution in [0.3, 0.4) is 0 Å². The molecule has 0 spiro atoms. The van der Waals surface area contributed by atoms with E-state index in [1.807, 2.05) is 20.8 Å². The summed E-state index contributed by atoms with van der Waals surface area (Å²) >= 11 is 0. The first-order valence-electron chi connectivity index (χ1n) is 6.72. The molecule has 5 heteroatoms. The van der Waals surface area contributed by atoms with Crippen molar-refractivity contribution in [2.24, 2.45) is 17.3 Å². The van der Waals surface area contributed by atoms with Gasteiger partial charge in [-0.05, 0) is 18.3 Å². The lowest BCUT2D eigenvalue weighted by atomic mass is 9.87. The first-order chi connectivity index (χ1) is 8.48. The Morgan fingerprint density at radius 2 is 1.68 bits per heavy atom. The molecule has 2 amide bonds. The summed E-state index contributed by atoms with van der Waals surface area (Å²) in [5, 5.41) is 11.8. The van der Waals surface area contributed by atoms with E-state index in [1.54, 1.807) is 11.9 Å². The average Bonchev–Trinajstić information content (AvgIpc) is 2.24. The summed E-state index contributed by atoms with van der Waals surface area (Å²) in [6.07, 6.45) is 0. The normalized spacial score (nSPS) is 14.9. The molecule has 0 saturated carbocycles. The molecule has 2 N–H and O–H groups in total. The largest absolute Gasteiger partial charge is 0.481 e. The van der Waals surface area contributed by atoms with E-state index in [9.17, 15) is 9.59 Å². The number of carboxylic acid groups (broad SMARTS) is 1. The van der Waals surface area contributed by atoms with Gasteiger partial charge in [-0.15, -0.1) is 0 Å². The molecule has 19 heavy (non-hydrogen) atoms. The van der Waals surface area contributed by atoms with Gasteiger partial charge in [0.1, 0.15) is 0 Å². The lowest BCUT2D eigenvalue weighted by Gasteiger charge is -2.35. The number of carbonyl (C=O) groups is 2. The van der Waals surface area contributed by atoms with Crippen molar-refractivity contribution < 1.29 is 14.7 Å². The molecular weight excluding hydrogens is 244 g/mol. The molecule has 2 unspecified atom stereocenters. The Morgan fingerprint density at radius 1 is 1.21 bits per heavy atom. The van der Waals surface area contributed by atoms with Crippen LogP contribution in [-0.4, -0.2) is 41.6 Å². The molecule has 0 aromatic heterocycles. The van der Waals surface area contributed by atoms with Crippen LogP contribution in [0.5, 0.6) is 0 Å². The van der Waals surface area contributed by atoms with Gasteiger partial charge in [-0.2, -0.15) is 0 Å². The number of urea groups is 1. The highest BCUT2D eigenvalue weighted by Crippen LogP contribution is 2.23. The third-order valence-electron chi connectivity index (χ3n) is 3.75. The summed E-state index contributed by atoms with van der Waals surface area (Å²) in [6, 6.07) is -0.163. The fourth-order valence-electron chi connectivity index (χ4n) is 1.69. The topological polar surface area (TPSA) is 69.6 Å². The summed E-state index contributed by atoms with van der Waals surface area (Å²) in [7, 11) is 1.73. The van der Waals surface area contributed by atoms with Gasteiger partial charge in [-0.1, -0.05) is 34.6 Å². The van der Waals surface area contributed by atoms with Gasteiger partial charge in [-0.25, -0.2) is 4.79 Å². The quantitative estimate of drug-likeness (QED) is 0.807. The molecule has 0 aliphatic heterocycles. The van der Waals surface area contributed by atoms with Gasteiger partial charge in [0.15, 0.2) is 0 Å². The van der Waals surface area contributed by atoms with Crippen molar-refractivity contribution in [1.82, 2.24) is 10.2 Å². The number of carboxylic acids is 1. The molecule has 0 aromatic carbocycles. The highest BCUT2D eigenvalue weighted by molar-refractivity contribution is 5.76. The zero-order chi connectivity index (χ0) is 15.4. The van der Waals surface area contributed by atoms with Crippen LogP contribution in [0.4, 0.5) is 4.79 Å². The van der Waals surface area contributed by atoms with Crippen molar-refractivity contribution >= 4 is 12.0 Å². The molecule has 0 heterocycles. The highest BCUT2D eigenvalue weighted by atomic mass is 16.4. The maximum Gasteiger partial charge on any atom is 0.317 e. The SMILES string of the molecule is CC(C)C(CNC(=O)N(C)C(C)C(C)(C)C)C(=O)O. The summed E-state index contributed by atoms with van der Waals surface area (Å²) < 4.78 is 0. The molecule has 0 radical (unpaired) electrons. The number of hydrogen-bond donors (Lipinski definition) is 2. The smallest absolute Gasteiger partial charge is 0.317 e. The van der Waals surface area contributed by atoms with Gasteiger partial charge >= 0.3 is 12.0 Å². The van der Waals surface area contributed by atoms with E-state index in [0.29, 0.717) is 0 Å². The molecule has 0 rings (SSSR count). The molecule has 0 aliphatic carbocycles. The standard InChI is InChI=1S/C14H28N2O3/c1-9(2)11(12(17)18)8-15-13(19)16(7)10(3)14(4,5)6/h9-11H,8H2,1-7H3,(H,15,19)(H,17,18). The van der Waals surface area contributed by atoms with E-state index in [-0.39, 0.29) is 30.0 Å². The van der Waals surface area contributed by atoms with Crippen LogP contribution < -0.4 is 5.32 Å². The maximum atomic E-state index is 12.0. The number of carbonyl (C=O) groups excluding carboxylic acids is 1. The predicted molar refractivity (Wildman–Crippen MR) is 76.0 cm³/mol. The first kappa shape index (κ1) is 17.7. The second-order valence-electron chi connectivity index (χ2n) is 6.53. The van der Waals surface area contributed by atoms with Crippen molar-refractivity contribution in [2.75, 3.05) is 13.6 Å². The molecular formula is C14H28N2O3. The molecule has 0 aromatic rings. The van der Waals surface area contributed by atoms with Crippen LogP contribution >= 0.6 is 0 Å². The van der Waals surface area contributed by atoms with Gasteiger partial charge < -0.3 is 15.3 Å². The van der Waals surface area contributed by atoms with Crippen molar-refractivity contribution in [1.29, 1.82) is 0 Å². The van der Waals surface area contributed by atoms with Crippen molar-refractivity contribution in [3.8, 4) is 0 Å². The second kappa shape index (κ2) is 6.78. The van der Waals surface area contributed by atoms with Gasteiger partial charge in [0.2, 0.25) is 0 Å². The molecule has 0 fully saturated rings. The minimum atomic E-state index is -0.873. The Bertz CT molecular complexity index is 321. The fourth-order valence-corrected chi connectivity index (χ4v) is 1.69. The zero-order valence-corrected chi connectivity index (χ0v) is 13.2. The van der Waals surface area contributed by atoms with Crippen molar-refractivity contribution in [3.05, 3.63) is 0 Å². The van der Waals surface area contributed by atoms with E-state index < -0.39 is 11.9 Å². The molecule has 0 saturated heterocycles. The second-order valence-corrected chi connectivity index (χ2v) is 6.53. The van der Waals surface area contributed by atoms with Crippen LogP contribution in [0.25, 0.3) is 0 Å². The Kier molecular flexibility index (Phi) is 6.33. The third kappa shape index (κ3) is 5.49. The van der Waals surface area contributed by atoms with Crippen LogP contribution in [-0.2, 0) is 4.79 Å². The fraction of sp³-hybridized carbons (Fsp3) is 0.857. The van der Waals surface area contributed by atoms with Crippen LogP contribution in [0.15, 0.2) is 0 Å². The lowest BCUT2D eigenvalue weighted by Crippen LogP contribution is -2.49. The predicted octanol–water partition coefficient (Wildman–Crippen LogP) is 2.42. The Balaban J connectivity index is 4.50. The minimum absolute atomic E-state index is 0.0110. The average molecular weight is 272 g/mol. The van der Waals surface area contributed by atoms with Gasteiger partial charge in [0.05, 0.1) is 5.92 Å². The van der Waals surface area contributed by atoms with Gasteiger partial charge in [0.25, 0.3) is 0 Å². The lowest BCUT2D eigenvalue weighted by molar-refractivity contribution is -0.142. The van der Waals surface area contributed by atoms with Crippen LogP contribution in [0, 0.1) is 17.3 Å². The minimum Gasteiger partial charge on any atom is -0.481 e. The van der Waals surface area contributed by atoms with Gasteiger partial charge in [-0.3, -0.25) is 4.79 Å². The molecule has 2 atom stereocenters. The van der Waals surface area contributed by atoms with E-state index in [4.69, 9.17) is 5.11 Å². The van der Waals surface area contributed by atoms with Crippen LogP contribution in [0.1, 0.15) is 41.5 Å². The zero-order valence-electron chi connectivity index (χ0n) is 13.2. The van der Waals surface area contributed by atoms with E-state index in [2.05, 4.69) is 26.1 Å². The molecule has 5 nitrogen and oxygen atoms in total. The van der Waals surface area contributed by atoms with E-state index >= 15 is 0 Å². The summed E-state index contributed by atoms with van der Waals surface area (Å²) in [4.78, 5) is 24.7. The molecule has 0 aliphatic rings. The van der Waals surface area contributed by atoms with Crippen LogP contribution in [0.2, 0.25) is 0 Å². The van der Waals surface area contributed by atoms with E-state index in [0.717, 1.165) is 0 Å². The molecule has 112 valence electrons. The number of hydrogen-bond acceptors (Lipinski definition) is 2. The number of aliphatic carboxylic acids is 1. The number of amides is 2. The Morgan fingerprint density at radius 3 is 2.00 bits per heavy atom. The van der Waals surface area contributed by atoms with Crippen molar-refractivity contribution in [3.63, 3.8) is 0 Å². The summed E-state index contributed by atoms with van der Waals surface area (Å²) in [5.41, 5.74) is -0.0175.